The molecule has 1 heterocycles. The monoisotopic (exact) mass is 365 g/mol. The number of nitrogens with one attached hydrogen (secondary N) is 2. The Kier molecular flexibility index (Phi) is 7.28. The second kappa shape index (κ2) is 10.1. The number of unbranched alkanes of at least 4 members (excludes halogenated alkanes) is 5. The lowest BCUT2D eigenvalue weighted by atomic mass is 10.1. The summed E-state index contributed by atoms with van der Waals surface area (Å²) >= 11 is 0. The minimum atomic E-state index is 0.0931. The number of nitrogens with zero attached hydrogens (tertiary/aromatic N) is 1. The van der Waals surface area contributed by atoms with Gasteiger partial charge < -0.3 is 15.2 Å². The molecule has 4 nitrogen and oxygen atoms in total. The SMILES string of the molecule is CNCCCCCCCCNC(=O)Cn1c2ccccc2c2ccccc21. The third-order valence-corrected chi connectivity index (χ3v) is 5.16. The van der Waals surface area contributed by atoms with E-state index in [0.717, 1.165) is 30.5 Å². The standard InChI is InChI=1S/C23H31N3O/c1-24-16-10-4-2-3-5-11-17-25-23(27)18-26-21-14-8-6-12-19(21)20-13-7-9-15-22(20)26/h6-9,12-15,24H,2-5,10-11,16-18H2,1H3,(H,25,27). The summed E-state index contributed by atoms with van der Waals surface area (Å²) in [6, 6.07) is 16.6. The summed E-state index contributed by atoms with van der Waals surface area (Å²) in [4.78, 5) is 12.5. The minimum absolute atomic E-state index is 0.0931. The highest BCUT2D eigenvalue weighted by molar-refractivity contribution is 6.08. The van der Waals surface area contributed by atoms with E-state index in [4.69, 9.17) is 0 Å². The van der Waals surface area contributed by atoms with Gasteiger partial charge in [-0.1, -0.05) is 62.1 Å². The summed E-state index contributed by atoms with van der Waals surface area (Å²) in [5, 5.41) is 8.69. The molecule has 1 amide bonds. The Hall–Kier alpha value is -2.33. The Morgan fingerprint density at radius 3 is 1.89 bits per heavy atom. The van der Waals surface area contributed by atoms with E-state index in [1.807, 2.05) is 19.2 Å². The fourth-order valence-corrected chi connectivity index (χ4v) is 3.73. The van der Waals surface area contributed by atoms with Crippen LogP contribution in [0.3, 0.4) is 0 Å². The molecule has 144 valence electrons. The molecule has 3 rings (SSSR count). The summed E-state index contributed by atoms with van der Waals surface area (Å²) in [7, 11) is 2.00. The van der Waals surface area contributed by atoms with Crippen molar-refractivity contribution in [2.75, 3.05) is 20.1 Å². The zero-order valence-electron chi connectivity index (χ0n) is 16.3. The average molecular weight is 366 g/mol. The molecule has 0 aliphatic heterocycles. The lowest BCUT2D eigenvalue weighted by Crippen LogP contribution is -2.28. The molecular formula is C23H31N3O. The van der Waals surface area contributed by atoms with Gasteiger partial charge in [-0.2, -0.15) is 0 Å². The number of fused-ring (bicyclic) bond motifs is 3. The number of rotatable bonds is 11. The lowest BCUT2D eigenvalue weighted by molar-refractivity contribution is -0.121. The van der Waals surface area contributed by atoms with Crippen molar-refractivity contribution in [2.24, 2.45) is 0 Å². The first-order chi connectivity index (χ1) is 13.3. The Labute approximate surface area is 161 Å². The van der Waals surface area contributed by atoms with Crippen LogP contribution in [0.1, 0.15) is 38.5 Å². The molecule has 0 radical (unpaired) electrons. The number of hydrogen-bond acceptors (Lipinski definition) is 2. The molecule has 2 N–H and O–H groups in total. The van der Waals surface area contributed by atoms with Crippen LogP contribution in [0.4, 0.5) is 0 Å². The van der Waals surface area contributed by atoms with Crippen molar-refractivity contribution in [3.8, 4) is 0 Å². The van der Waals surface area contributed by atoms with Crippen LogP contribution in [-0.2, 0) is 11.3 Å². The molecule has 0 bridgehead atoms. The number of carbonyl (C=O) groups excluding carboxylic acids is 1. The molecule has 0 saturated carbocycles. The minimum Gasteiger partial charge on any atom is -0.355 e. The molecule has 0 atom stereocenters. The molecule has 4 heteroatoms. The van der Waals surface area contributed by atoms with E-state index < -0.39 is 0 Å². The van der Waals surface area contributed by atoms with Gasteiger partial charge in [-0.05, 0) is 38.6 Å². The molecule has 2 aromatic carbocycles. The summed E-state index contributed by atoms with van der Waals surface area (Å²) in [6.07, 6.45) is 7.34. The first-order valence-electron chi connectivity index (χ1n) is 10.2. The summed E-state index contributed by atoms with van der Waals surface area (Å²) < 4.78 is 2.13. The predicted molar refractivity (Wildman–Crippen MR) is 114 cm³/mol. The zero-order valence-corrected chi connectivity index (χ0v) is 16.3. The van der Waals surface area contributed by atoms with Crippen molar-refractivity contribution < 1.29 is 4.79 Å². The van der Waals surface area contributed by atoms with E-state index in [-0.39, 0.29) is 5.91 Å². The van der Waals surface area contributed by atoms with Crippen molar-refractivity contribution >= 4 is 27.7 Å². The predicted octanol–water partition coefficient (Wildman–Crippen LogP) is 4.47. The number of hydrogen-bond donors (Lipinski definition) is 2. The molecule has 0 spiro atoms. The van der Waals surface area contributed by atoms with E-state index in [2.05, 4.69) is 51.6 Å². The summed E-state index contributed by atoms with van der Waals surface area (Å²) in [5.41, 5.74) is 2.24. The highest BCUT2D eigenvalue weighted by atomic mass is 16.1. The van der Waals surface area contributed by atoms with E-state index in [1.54, 1.807) is 0 Å². The summed E-state index contributed by atoms with van der Waals surface area (Å²) in [5.74, 6) is 0.0931. The fourth-order valence-electron chi connectivity index (χ4n) is 3.73. The van der Waals surface area contributed by atoms with E-state index in [0.29, 0.717) is 6.54 Å². The topological polar surface area (TPSA) is 46.1 Å². The smallest absolute Gasteiger partial charge is 0.239 e. The number of amides is 1. The zero-order chi connectivity index (χ0) is 18.9. The van der Waals surface area contributed by atoms with Gasteiger partial charge in [-0.25, -0.2) is 0 Å². The van der Waals surface area contributed by atoms with Crippen LogP contribution in [-0.4, -0.2) is 30.6 Å². The van der Waals surface area contributed by atoms with Gasteiger partial charge in [0.2, 0.25) is 5.91 Å². The average Bonchev–Trinajstić information content (AvgIpc) is 3.01. The van der Waals surface area contributed by atoms with Crippen LogP contribution in [0.15, 0.2) is 48.5 Å². The third kappa shape index (κ3) is 5.10. The molecule has 0 fully saturated rings. The van der Waals surface area contributed by atoms with Gasteiger partial charge in [-0.15, -0.1) is 0 Å². The van der Waals surface area contributed by atoms with Gasteiger partial charge >= 0.3 is 0 Å². The van der Waals surface area contributed by atoms with E-state index >= 15 is 0 Å². The van der Waals surface area contributed by atoms with Crippen LogP contribution in [0, 0.1) is 0 Å². The highest BCUT2D eigenvalue weighted by Crippen LogP contribution is 2.28. The Balaban J connectivity index is 1.48. The van der Waals surface area contributed by atoms with Crippen molar-refractivity contribution in [3.63, 3.8) is 0 Å². The van der Waals surface area contributed by atoms with Crippen molar-refractivity contribution in [2.45, 2.75) is 45.1 Å². The second-order valence-corrected chi connectivity index (χ2v) is 7.20. The quantitative estimate of drug-likeness (QED) is 0.493. The van der Waals surface area contributed by atoms with Gasteiger partial charge in [0.15, 0.2) is 0 Å². The number of aromatic nitrogens is 1. The van der Waals surface area contributed by atoms with Crippen LogP contribution in [0.5, 0.6) is 0 Å². The molecule has 0 aliphatic carbocycles. The first-order valence-corrected chi connectivity index (χ1v) is 10.2. The van der Waals surface area contributed by atoms with Crippen LogP contribution in [0.25, 0.3) is 21.8 Å². The molecule has 27 heavy (non-hydrogen) atoms. The van der Waals surface area contributed by atoms with Gasteiger partial charge in [0.05, 0.1) is 0 Å². The molecule has 3 aromatic rings. The van der Waals surface area contributed by atoms with Crippen LogP contribution >= 0.6 is 0 Å². The maximum Gasteiger partial charge on any atom is 0.239 e. The highest BCUT2D eigenvalue weighted by Gasteiger charge is 2.12. The third-order valence-electron chi connectivity index (χ3n) is 5.16. The lowest BCUT2D eigenvalue weighted by Gasteiger charge is -2.09. The van der Waals surface area contributed by atoms with Gasteiger partial charge in [0, 0.05) is 28.4 Å². The fraction of sp³-hybridized carbons (Fsp3) is 0.435. The summed E-state index contributed by atoms with van der Waals surface area (Å²) in [6.45, 7) is 2.25. The van der Waals surface area contributed by atoms with Crippen LogP contribution in [0.2, 0.25) is 0 Å². The molecule has 0 aliphatic rings. The first kappa shape index (κ1) is 19.4. The van der Waals surface area contributed by atoms with Gasteiger partial charge in [-0.3, -0.25) is 4.79 Å². The Morgan fingerprint density at radius 2 is 1.30 bits per heavy atom. The van der Waals surface area contributed by atoms with Crippen molar-refractivity contribution in [3.05, 3.63) is 48.5 Å². The van der Waals surface area contributed by atoms with Crippen LogP contribution < -0.4 is 10.6 Å². The molecular weight excluding hydrogens is 334 g/mol. The molecule has 1 aromatic heterocycles. The van der Waals surface area contributed by atoms with Gasteiger partial charge in [0.25, 0.3) is 0 Å². The molecule has 0 unspecified atom stereocenters. The largest absolute Gasteiger partial charge is 0.355 e. The number of carbonyl (C=O) groups is 1. The van der Waals surface area contributed by atoms with E-state index in [1.165, 1.54) is 42.9 Å². The van der Waals surface area contributed by atoms with Crippen molar-refractivity contribution in [1.29, 1.82) is 0 Å². The number of para-hydroxylation sites is 2. The number of benzene rings is 2. The van der Waals surface area contributed by atoms with Crippen molar-refractivity contribution in [1.82, 2.24) is 15.2 Å². The van der Waals surface area contributed by atoms with E-state index in [9.17, 15) is 4.79 Å². The second-order valence-electron chi connectivity index (χ2n) is 7.20. The normalized spacial score (nSPS) is 11.3. The maximum atomic E-state index is 12.5. The van der Waals surface area contributed by atoms with Gasteiger partial charge in [0.1, 0.15) is 6.54 Å². The Bertz CT molecular complexity index is 815. The molecule has 0 saturated heterocycles. The maximum absolute atomic E-state index is 12.5. The Morgan fingerprint density at radius 1 is 0.778 bits per heavy atom.